The molecule has 0 bridgehead atoms. The highest BCUT2D eigenvalue weighted by molar-refractivity contribution is 5.45. The Kier molecular flexibility index (Phi) is 3.01. The monoisotopic (exact) mass is 263 g/mol. The predicted molar refractivity (Wildman–Crippen MR) is 68.9 cm³/mol. The number of rotatable bonds is 4. The van der Waals surface area contributed by atoms with Crippen LogP contribution in [-0.4, -0.2) is 0 Å². The first-order valence-electron chi connectivity index (χ1n) is 6.41. The summed E-state index contributed by atoms with van der Waals surface area (Å²) in [4.78, 5) is 0. The van der Waals surface area contributed by atoms with Crippen molar-refractivity contribution in [3.63, 3.8) is 0 Å². The molecular weight excluding hydrogens is 248 g/mol. The molecule has 1 N–H and O–H groups in total. The summed E-state index contributed by atoms with van der Waals surface area (Å²) in [6.45, 7) is 2.54. The Morgan fingerprint density at radius 2 is 2.05 bits per heavy atom. The summed E-state index contributed by atoms with van der Waals surface area (Å²) in [6.07, 6.45) is 1.17. The Hall–Kier alpha value is -1.84. The summed E-state index contributed by atoms with van der Waals surface area (Å²) in [6, 6.07) is 7.19. The van der Waals surface area contributed by atoms with Gasteiger partial charge in [-0.2, -0.15) is 0 Å². The van der Waals surface area contributed by atoms with Crippen molar-refractivity contribution >= 4 is 5.69 Å². The van der Waals surface area contributed by atoms with E-state index in [1.165, 1.54) is 6.42 Å². The molecule has 1 saturated carbocycles. The summed E-state index contributed by atoms with van der Waals surface area (Å²) < 4.78 is 32.1. The topological polar surface area (TPSA) is 25.2 Å². The van der Waals surface area contributed by atoms with Crippen molar-refractivity contribution in [1.29, 1.82) is 0 Å². The Morgan fingerprint density at radius 3 is 2.79 bits per heavy atom. The van der Waals surface area contributed by atoms with Crippen LogP contribution in [0.25, 0.3) is 0 Å². The van der Waals surface area contributed by atoms with Crippen molar-refractivity contribution in [3.8, 4) is 0 Å². The van der Waals surface area contributed by atoms with Crippen molar-refractivity contribution in [2.75, 3.05) is 5.32 Å². The van der Waals surface area contributed by atoms with Gasteiger partial charge in [-0.1, -0.05) is 6.92 Å². The Bertz CT molecular complexity index is 594. The molecule has 1 fully saturated rings. The van der Waals surface area contributed by atoms with Crippen LogP contribution in [0.15, 0.2) is 34.7 Å². The van der Waals surface area contributed by atoms with Gasteiger partial charge in [0.25, 0.3) is 0 Å². The van der Waals surface area contributed by atoms with Gasteiger partial charge in [0.2, 0.25) is 0 Å². The van der Waals surface area contributed by atoms with E-state index in [1.807, 2.05) is 12.1 Å². The largest absolute Gasteiger partial charge is 0.464 e. The first-order valence-corrected chi connectivity index (χ1v) is 6.41. The predicted octanol–water partition coefficient (Wildman–Crippen LogP) is 4.29. The van der Waals surface area contributed by atoms with E-state index in [0.717, 1.165) is 29.7 Å². The van der Waals surface area contributed by atoms with Crippen LogP contribution in [0.5, 0.6) is 0 Å². The standard InChI is InChI=1S/C15H15F2NO/c1-9-6-12(9)15-5-3-11(19-15)8-18-14-7-10(16)2-4-13(14)17/h2-5,7,9,12,18H,6,8H2,1H3. The molecule has 1 aromatic heterocycles. The van der Waals surface area contributed by atoms with Crippen LogP contribution < -0.4 is 5.32 Å². The number of anilines is 1. The highest BCUT2D eigenvalue weighted by Gasteiger charge is 2.36. The van der Waals surface area contributed by atoms with Crippen LogP contribution in [-0.2, 0) is 6.54 Å². The molecular formula is C15H15F2NO. The molecule has 0 amide bonds. The molecule has 1 aliphatic carbocycles. The van der Waals surface area contributed by atoms with Gasteiger partial charge in [0.1, 0.15) is 23.2 Å². The zero-order valence-electron chi connectivity index (χ0n) is 10.6. The minimum atomic E-state index is -0.469. The molecule has 19 heavy (non-hydrogen) atoms. The van der Waals surface area contributed by atoms with Gasteiger partial charge < -0.3 is 9.73 Å². The van der Waals surface area contributed by atoms with E-state index in [0.29, 0.717) is 18.4 Å². The van der Waals surface area contributed by atoms with Gasteiger partial charge in [-0.15, -0.1) is 0 Å². The van der Waals surface area contributed by atoms with Gasteiger partial charge in [0, 0.05) is 5.92 Å². The van der Waals surface area contributed by atoms with Gasteiger partial charge in [-0.3, -0.25) is 0 Å². The maximum Gasteiger partial charge on any atom is 0.146 e. The second-order valence-corrected chi connectivity index (χ2v) is 5.10. The number of hydrogen-bond donors (Lipinski definition) is 1. The lowest BCUT2D eigenvalue weighted by Crippen LogP contribution is -2.00. The average molecular weight is 263 g/mol. The van der Waals surface area contributed by atoms with E-state index in [-0.39, 0.29) is 5.69 Å². The summed E-state index contributed by atoms with van der Waals surface area (Å²) in [5, 5.41) is 2.85. The SMILES string of the molecule is CC1CC1c1ccc(CNc2cc(F)ccc2F)o1. The molecule has 2 atom stereocenters. The molecule has 2 nitrogen and oxygen atoms in total. The van der Waals surface area contributed by atoms with Crippen molar-refractivity contribution in [2.45, 2.75) is 25.8 Å². The molecule has 0 aliphatic heterocycles. The van der Waals surface area contributed by atoms with Crippen LogP contribution in [0, 0.1) is 17.6 Å². The summed E-state index contributed by atoms with van der Waals surface area (Å²) in [5.41, 5.74) is 0.151. The molecule has 0 spiro atoms. The fourth-order valence-electron chi connectivity index (χ4n) is 2.22. The number of halogens is 2. The number of furan rings is 1. The molecule has 1 aliphatic rings. The van der Waals surface area contributed by atoms with Gasteiger partial charge in [0.05, 0.1) is 12.2 Å². The molecule has 3 rings (SSSR count). The minimum Gasteiger partial charge on any atom is -0.464 e. The summed E-state index contributed by atoms with van der Waals surface area (Å²) in [5.74, 6) is 2.01. The molecule has 2 aromatic rings. The molecule has 2 unspecified atom stereocenters. The smallest absolute Gasteiger partial charge is 0.146 e. The lowest BCUT2D eigenvalue weighted by Gasteiger charge is -2.05. The zero-order valence-corrected chi connectivity index (χ0v) is 10.6. The number of hydrogen-bond acceptors (Lipinski definition) is 2. The van der Waals surface area contributed by atoms with Crippen molar-refractivity contribution in [1.82, 2.24) is 0 Å². The maximum atomic E-state index is 13.4. The molecule has 4 heteroatoms. The lowest BCUT2D eigenvalue weighted by molar-refractivity contribution is 0.467. The van der Waals surface area contributed by atoms with Gasteiger partial charge >= 0.3 is 0 Å². The Morgan fingerprint density at radius 1 is 1.26 bits per heavy atom. The highest BCUT2D eigenvalue weighted by Crippen LogP contribution is 2.47. The summed E-state index contributed by atoms with van der Waals surface area (Å²) in [7, 11) is 0. The van der Waals surface area contributed by atoms with E-state index in [4.69, 9.17) is 4.42 Å². The van der Waals surface area contributed by atoms with Crippen LogP contribution >= 0.6 is 0 Å². The van der Waals surface area contributed by atoms with Crippen LogP contribution in [0.3, 0.4) is 0 Å². The first-order chi connectivity index (χ1) is 9.13. The maximum absolute atomic E-state index is 13.4. The second kappa shape index (κ2) is 4.68. The molecule has 0 saturated heterocycles. The third-order valence-corrected chi connectivity index (χ3v) is 3.54. The fraction of sp³-hybridized carbons (Fsp3) is 0.333. The van der Waals surface area contributed by atoms with E-state index >= 15 is 0 Å². The van der Waals surface area contributed by atoms with Gasteiger partial charge in [-0.05, 0) is 42.7 Å². The quantitative estimate of drug-likeness (QED) is 0.890. The van der Waals surface area contributed by atoms with E-state index in [9.17, 15) is 8.78 Å². The van der Waals surface area contributed by atoms with E-state index in [1.54, 1.807) is 0 Å². The number of nitrogens with one attached hydrogen (secondary N) is 1. The van der Waals surface area contributed by atoms with E-state index in [2.05, 4.69) is 12.2 Å². The number of benzene rings is 1. The van der Waals surface area contributed by atoms with Gasteiger partial charge in [-0.25, -0.2) is 8.78 Å². The lowest BCUT2D eigenvalue weighted by atomic mass is 10.2. The third-order valence-electron chi connectivity index (χ3n) is 3.54. The van der Waals surface area contributed by atoms with E-state index < -0.39 is 11.6 Å². The van der Waals surface area contributed by atoms with Crippen molar-refractivity contribution in [3.05, 3.63) is 53.5 Å². The molecule has 0 radical (unpaired) electrons. The summed E-state index contributed by atoms with van der Waals surface area (Å²) >= 11 is 0. The first kappa shape index (κ1) is 12.2. The van der Waals surface area contributed by atoms with Crippen LogP contribution in [0.1, 0.15) is 30.8 Å². The molecule has 1 aromatic carbocycles. The zero-order chi connectivity index (χ0) is 13.4. The Balaban J connectivity index is 1.65. The Labute approximate surface area is 110 Å². The third kappa shape index (κ3) is 2.62. The average Bonchev–Trinajstić information content (AvgIpc) is 2.93. The minimum absolute atomic E-state index is 0.151. The highest BCUT2D eigenvalue weighted by atomic mass is 19.1. The fourth-order valence-corrected chi connectivity index (χ4v) is 2.22. The normalized spacial score (nSPS) is 21.4. The second-order valence-electron chi connectivity index (χ2n) is 5.10. The molecule has 1 heterocycles. The van der Waals surface area contributed by atoms with Crippen LogP contribution in [0.2, 0.25) is 0 Å². The van der Waals surface area contributed by atoms with Gasteiger partial charge in [0.15, 0.2) is 0 Å². The van der Waals surface area contributed by atoms with Crippen LogP contribution in [0.4, 0.5) is 14.5 Å². The van der Waals surface area contributed by atoms with Crippen molar-refractivity contribution < 1.29 is 13.2 Å². The molecule has 100 valence electrons. The van der Waals surface area contributed by atoms with Crippen molar-refractivity contribution in [2.24, 2.45) is 5.92 Å².